The van der Waals surface area contributed by atoms with Gasteiger partial charge in [0.25, 0.3) is 5.91 Å². The summed E-state index contributed by atoms with van der Waals surface area (Å²) >= 11 is 0. The highest BCUT2D eigenvalue weighted by Crippen LogP contribution is 2.38. The van der Waals surface area contributed by atoms with Crippen molar-refractivity contribution >= 4 is 17.9 Å². The molecule has 3 aromatic rings. The second kappa shape index (κ2) is 12.1. The molecule has 38 heavy (non-hydrogen) atoms. The summed E-state index contributed by atoms with van der Waals surface area (Å²) < 4.78 is 27.7. The van der Waals surface area contributed by atoms with Gasteiger partial charge < -0.3 is 23.7 Å². The van der Waals surface area contributed by atoms with Gasteiger partial charge in [-0.15, -0.1) is 0 Å². The van der Waals surface area contributed by atoms with Crippen LogP contribution in [0.15, 0.2) is 65.8 Å². The largest absolute Gasteiger partial charge is 0.497 e. The molecule has 4 rings (SSSR count). The Balaban J connectivity index is 1.64. The molecule has 9 nitrogen and oxygen atoms in total. The van der Waals surface area contributed by atoms with Gasteiger partial charge in [-0.1, -0.05) is 18.2 Å². The van der Waals surface area contributed by atoms with Gasteiger partial charge in [0, 0.05) is 17.5 Å². The molecule has 1 unspecified atom stereocenters. The Labute approximate surface area is 221 Å². The highest BCUT2D eigenvalue weighted by atomic mass is 16.5. The summed E-state index contributed by atoms with van der Waals surface area (Å²) in [5.74, 6) is 2.26. The zero-order valence-corrected chi connectivity index (χ0v) is 21.8. The first kappa shape index (κ1) is 26.5. The van der Waals surface area contributed by atoms with Crippen LogP contribution in [0.25, 0.3) is 0 Å². The molecule has 9 heteroatoms. The summed E-state index contributed by atoms with van der Waals surface area (Å²) in [6, 6.07) is 17.5. The van der Waals surface area contributed by atoms with E-state index < -0.39 is 6.04 Å². The van der Waals surface area contributed by atoms with Crippen molar-refractivity contribution in [1.82, 2.24) is 5.01 Å². The minimum atomic E-state index is -0.393. The van der Waals surface area contributed by atoms with Crippen molar-refractivity contribution in [1.29, 1.82) is 0 Å². The van der Waals surface area contributed by atoms with Gasteiger partial charge in [-0.3, -0.25) is 9.59 Å². The second-order valence-corrected chi connectivity index (χ2v) is 8.40. The average molecular weight is 519 g/mol. The van der Waals surface area contributed by atoms with E-state index >= 15 is 0 Å². The lowest BCUT2D eigenvalue weighted by atomic mass is 9.98. The van der Waals surface area contributed by atoms with Crippen LogP contribution in [0.4, 0.5) is 0 Å². The maximum Gasteiger partial charge on any atom is 0.281 e. The Hall–Kier alpha value is -4.53. The zero-order valence-electron chi connectivity index (χ0n) is 21.8. The number of hydrazone groups is 1. The molecule has 0 N–H and O–H groups in total. The first-order valence-electron chi connectivity index (χ1n) is 12.1. The Kier molecular flexibility index (Phi) is 8.47. The van der Waals surface area contributed by atoms with E-state index in [9.17, 15) is 9.59 Å². The molecule has 0 radical (unpaired) electrons. The van der Waals surface area contributed by atoms with E-state index in [1.807, 2.05) is 43.3 Å². The normalized spacial score (nSPS) is 14.5. The molecule has 1 heterocycles. The molecule has 0 fully saturated rings. The van der Waals surface area contributed by atoms with E-state index in [4.69, 9.17) is 28.8 Å². The molecule has 0 bridgehead atoms. The molecule has 0 saturated carbocycles. The fourth-order valence-electron chi connectivity index (χ4n) is 4.23. The van der Waals surface area contributed by atoms with Gasteiger partial charge in [0.15, 0.2) is 29.6 Å². The van der Waals surface area contributed by atoms with E-state index in [1.165, 1.54) is 5.01 Å². The number of aldehydes is 1. The van der Waals surface area contributed by atoms with Gasteiger partial charge in [0.1, 0.15) is 12.0 Å². The van der Waals surface area contributed by atoms with Crippen LogP contribution in [0.1, 0.15) is 40.9 Å². The zero-order chi connectivity index (χ0) is 27.1. The van der Waals surface area contributed by atoms with E-state index in [2.05, 4.69) is 0 Å². The SMILES string of the molecule is CCOc1cc(C=O)ccc1OCC(=O)N1N=C(c2cccc(OC)c2)CC1c1ccc(OC)c(OC)c1. The van der Waals surface area contributed by atoms with E-state index in [-0.39, 0.29) is 12.5 Å². The molecule has 0 spiro atoms. The van der Waals surface area contributed by atoms with Crippen LogP contribution in [0.3, 0.4) is 0 Å². The van der Waals surface area contributed by atoms with Crippen LogP contribution in [-0.2, 0) is 4.79 Å². The number of rotatable bonds is 11. The molecular weight excluding hydrogens is 488 g/mol. The summed E-state index contributed by atoms with van der Waals surface area (Å²) in [6.45, 7) is 1.93. The minimum absolute atomic E-state index is 0.279. The summed E-state index contributed by atoms with van der Waals surface area (Å²) in [6.07, 6.45) is 1.21. The van der Waals surface area contributed by atoms with Crippen LogP contribution >= 0.6 is 0 Å². The second-order valence-electron chi connectivity index (χ2n) is 8.40. The number of amides is 1. The van der Waals surface area contributed by atoms with E-state index in [0.717, 1.165) is 23.1 Å². The molecule has 0 aromatic heterocycles. The van der Waals surface area contributed by atoms with Gasteiger partial charge >= 0.3 is 0 Å². The Morgan fingerprint density at radius 1 is 0.921 bits per heavy atom. The predicted molar refractivity (Wildman–Crippen MR) is 142 cm³/mol. The summed E-state index contributed by atoms with van der Waals surface area (Å²) in [5, 5.41) is 6.14. The number of ether oxygens (including phenoxy) is 5. The monoisotopic (exact) mass is 518 g/mol. The van der Waals surface area contributed by atoms with Crippen LogP contribution in [0.2, 0.25) is 0 Å². The van der Waals surface area contributed by atoms with Crippen LogP contribution in [0, 0.1) is 0 Å². The van der Waals surface area contributed by atoms with Crippen LogP contribution < -0.4 is 23.7 Å². The Morgan fingerprint density at radius 2 is 1.71 bits per heavy atom. The number of benzene rings is 3. The first-order chi connectivity index (χ1) is 18.5. The molecule has 1 aliphatic heterocycles. The average Bonchev–Trinajstić information content (AvgIpc) is 3.42. The van der Waals surface area contributed by atoms with Crippen molar-refractivity contribution < 1.29 is 33.3 Å². The molecule has 1 atom stereocenters. The smallest absolute Gasteiger partial charge is 0.281 e. The number of methoxy groups -OCH3 is 3. The van der Waals surface area contributed by atoms with Gasteiger partial charge in [-0.05, 0) is 55.0 Å². The van der Waals surface area contributed by atoms with E-state index in [1.54, 1.807) is 45.6 Å². The molecular formula is C29H30N2O7. The number of hydrogen-bond acceptors (Lipinski definition) is 8. The molecule has 0 saturated heterocycles. The number of carbonyl (C=O) groups is 2. The van der Waals surface area contributed by atoms with Gasteiger partial charge in [-0.2, -0.15) is 5.10 Å². The quantitative estimate of drug-likeness (QED) is 0.340. The van der Waals surface area contributed by atoms with Crippen LogP contribution in [-0.4, -0.2) is 57.5 Å². The topological polar surface area (TPSA) is 95.9 Å². The molecule has 0 aliphatic carbocycles. The van der Waals surface area contributed by atoms with Crippen molar-refractivity contribution in [3.05, 3.63) is 77.4 Å². The van der Waals surface area contributed by atoms with E-state index in [0.29, 0.717) is 47.3 Å². The molecule has 1 aliphatic rings. The fourth-order valence-corrected chi connectivity index (χ4v) is 4.23. The van der Waals surface area contributed by atoms with Gasteiger partial charge in [0.05, 0.1) is 39.7 Å². The number of hydrogen-bond donors (Lipinski definition) is 0. The Bertz CT molecular complexity index is 1340. The summed E-state index contributed by atoms with van der Waals surface area (Å²) in [7, 11) is 4.74. The third-order valence-corrected chi connectivity index (χ3v) is 6.12. The lowest BCUT2D eigenvalue weighted by Gasteiger charge is -2.23. The summed E-state index contributed by atoms with van der Waals surface area (Å²) in [4.78, 5) is 24.7. The number of carbonyl (C=O) groups excluding carboxylic acids is 2. The maximum atomic E-state index is 13.5. The van der Waals surface area contributed by atoms with Crippen molar-refractivity contribution in [3.63, 3.8) is 0 Å². The van der Waals surface area contributed by atoms with Crippen molar-refractivity contribution in [2.45, 2.75) is 19.4 Å². The third-order valence-electron chi connectivity index (χ3n) is 6.12. The first-order valence-corrected chi connectivity index (χ1v) is 12.1. The maximum absolute atomic E-state index is 13.5. The van der Waals surface area contributed by atoms with Gasteiger partial charge in [0.2, 0.25) is 0 Å². The molecule has 198 valence electrons. The third kappa shape index (κ3) is 5.72. The van der Waals surface area contributed by atoms with Crippen LogP contribution in [0.5, 0.6) is 28.7 Å². The lowest BCUT2D eigenvalue weighted by Crippen LogP contribution is -2.31. The standard InChI is InChI=1S/C29H30N2O7/c1-5-37-28-13-19(17-32)9-11-26(28)38-18-29(33)31-24(21-10-12-25(35-3)27(15-21)36-4)16-23(30-31)20-7-6-8-22(14-20)34-2/h6-15,17,24H,5,16,18H2,1-4H3. The van der Waals surface area contributed by atoms with Crippen molar-refractivity contribution in [3.8, 4) is 28.7 Å². The highest BCUT2D eigenvalue weighted by Gasteiger charge is 2.34. The molecule has 3 aromatic carbocycles. The Morgan fingerprint density at radius 3 is 2.42 bits per heavy atom. The molecule has 1 amide bonds. The van der Waals surface area contributed by atoms with Gasteiger partial charge in [-0.25, -0.2) is 5.01 Å². The highest BCUT2D eigenvalue weighted by molar-refractivity contribution is 6.03. The lowest BCUT2D eigenvalue weighted by molar-refractivity contribution is -0.135. The predicted octanol–water partition coefficient (Wildman–Crippen LogP) is 4.68. The summed E-state index contributed by atoms with van der Waals surface area (Å²) in [5.41, 5.74) is 2.88. The fraction of sp³-hybridized carbons (Fsp3) is 0.276. The number of nitrogens with zero attached hydrogens (tertiary/aromatic N) is 2. The van der Waals surface area contributed by atoms with Crippen molar-refractivity contribution in [2.24, 2.45) is 5.10 Å². The van der Waals surface area contributed by atoms with Crippen molar-refractivity contribution in [2.75, 3.05) is 34.5 Å². The minimum Gasteiger partial charge on any atom is -0.497 e.